The van der Waals surface area contributed by atoms with Crippen LogP contribution in [0.3, 0.4) is 0 Å². The predicted molar refractivity (Wildman–Crippen MR) is 94.4 cm³/mol. The van der Waals surface area contributed by atoms with Gasteiger partial charge >= 0.3 is 0 Å². The second-order valence-corrected chi connectivity index (χ2v) is 5.92. The van der Waals surface area contributed by atoms with E-state index in [4.69, 9.17) is 0 Å². The molecule has 2 N–H and O–H groups in total. The summed E-state index contributed by atoms with van der Waals surface area (Å²) >= 11 is 0. The van der Waals surface area contributed by atoms with Crippen LogP contribution in [0.1, 0.15) is 23.2 Å². The quantitative estimate of drug-likeness (QED) is 0.902. The molecule has 6 heteroatoms. The number of carbonyl (C=O) groups excluding carboxylic acids is 1. The molecular formula is C17H22ClN3O2. The van der Waals surface area contributed by atoms with E-state index in [1.54, 1.807) is 6.07 Å². The van der Waals surface area contributed by atoms with E-state index in [2.05, 4.69) is 10.3 Å². The molecule has 1 unspecified atom stereocenters. The molecule has 1 aliphatic rings. The van der Waals surface area contributed by atoms with Gasteiger partial charge in [-0.3, -0.25) is 9.59 Å². The molecule has 124 valence electrons. The minimum Gasteiger partial charge on any atom is -0.338 e. The van der Waals surface area contributed by atoms with Gasteiger partial charge < -0.3 is 15.2 Å². The molecule has 1 aliphatic heterocycles. The van der Waals surface area contributed by atoms with E-state index < -0.39 is 0 Å². The van der Waals surface area contributed by atoms with Gasteiger partial charge in [0.1, 0.15) is 5.56 Å². The number of hydrogen-bond donors (Lipinski definition) is 2. The highest BCUT2D eigenvalue weighted by Gasteiger charge is 2.25. The number of fused-ring (bicyclic) bond motifs is 1. The molecule has 0 radical (unpaired) electrons. The number of H-pyrrole nitrogens is 1. The number of pyridine rings is 1. The molecule has 0 saturated carbocycles. The molecule has 0 spiro atoms. The van der Waals surface area contributed by atoms with E-state index in [9.17, 15) is 9.59 Å². The fraction of sp³-hybridized carbons (Fsp3) is 0.412. The predicted octanol–water partition coefficient (Wildman–Crippen LogP) is 2.02. The lowest BCUT2D eigenvalue weighted by Crippen LogP contribution is -2.43. The van der Waals surface area contributed by atoms with Gasteiger partial charge in [0, 0.05) is 18.6 Å². The highest BCUT2D eigenvalue weighted by atomic mass is 35.5. The minimum atomic E-state index is -0.306. The number of piperidine rings is 1. The number of aromatic amines is 1. The fourth-order valence-corrected chi connectivity index (χ4v) is 3.18. The molecule has 3 rings (SSSR count). The Kier molecular flexibility index (Phi) is 5.80. The van der Waals surface area contributed by atoms with Crippen LogP contribution in [-0.4, -0.2) is 42.5 Å². The Hall–Kier alpha value is -1.85. The Bertz CT molecular complexity index is 742. The van der Waals surface area contributed by atoms with Crippen LogP contribution in [-0.2, 0) is 0 Å². The third kappa shape index (κ3) is 3.74. The van der Waals surface area contributed by atoms with Gasteiger partial charge in [0.25, 0.3) is 11.5 Å². The summed E-state index contributed by atoms with van der Waals surface area (Å²) < 4.78 is 0. The maximum Gasteiger partial charge on any atom is 0.261 e. The molecule has 1 saturated heterocycles. The lowest BCUT2D eigenvalue weighted by Gasteiger charge is -2.32. The molecular weight excluding hydrogens is 314 g/mol. The van der Waals surface area contributed by atoms with E-state index in [1.165, 1.54) is 0 Å². The lowest BCUT2D eigenvalue weighted by atomic mass is 9.97. The van der Waals surface area contributed by atoms with Gasteiger partial charge in [0.05, 0.1) is 0 Å². The van der Waals surface area contributed by atoms with E-state index in [0.717, 1.165) is 36.8 Å². The summed E-state index contributed by atoms with van der Waals surface area (Å²) in [4.78, 5) is 29.5. The number of rotatable bonds is 3. The number of para-hydroxylation sites is 1. The maximum atomic E-state index is 12.7. The summed E-state index contributed by atoms with van der Waals surface area (Å²) in [6, 6.07) is 9.22. The first kappa shape index (κ1) is 17.5. The average molecular weight is 336 g/mol. The third-order valence-electron chi connectivity index (χ3n) is 4.28. The summed E-state index contributed by atoms with van der Waals surface area (Å²) in [5, 5.41) is 4.05. The number of halogens is 1. The number of amides is 1. The molecule has 1 aromatic heterocycles. The van der Waals surface area contributed by atoms with Crippen LogP contribution in [0.5, 0.6) is 0 Å². The molecule has 0 aliphatic carbocycles. The smallest absolute Gasteiger partial charge is 0.261 e. The van der Waals surface area contributed by atoms with Gasteiger partial charge in [-0.25, -0.2) is 0 Å². The van der Waals surface area contributed by atoms with Crippen LogP contribution in [0.2, 0.25) is 0 Å². The monoisotopic (exact) mass is 335 g/mol. The molecule has 0 bridgehead atoms. The van der Waals surface area contributed by atoms with Crippen LogP contribution in [0.25, 0.3) is 10.9 Å². The Morgan fingerprint density at radius 1 is 1.39 bits per heavy atom. The molecule has 2 aromatic rings. The van der Waals surface area contributed by atoms with Gasteiger partial charge in [0.2, 0.25) is 0 Å². The van der Waals surface area contributed by atoms with E-state index >= 15 is 0 Å². The molecule has 1 amide bonds. The van der Waals surface area contributed by atoms with Gasteiger partial charge in [-0.1, -0.05) is 18.2 Å². The van der Waals surface area contributed by atoms with Crippen molar-refractivity contribution in [3.8, 4) is 0 Å². The summed E-state index contributed by atoms with van der Waals surface area (Å²) in [6.45, 7) is 2.34. The average Bonchev–Trinajstić information content (AvgIpc) is 2.54. The number of aromatic nitrogens is 1. The van der Waals surface area contributed by atoms with Crippen molar-refractivity contribution in [2.45, 2.75) is 12.8 Å². The Morgan fingerprint density at radius 3 is 2.96 bits per heavy atom. The van der Waals surface area contributed by atoms with Crippen molar-refractivity contribution < 1.29 is 4.79 Å². The SMILES string of the molecule is CNCC1CCCN(C(=O)c2cc3ccccc3[nH]c2=O)C1.Cl. The number of nitrogens with one attached hydrogen (secondary N) is 2. The van der Waals surface area contributed by atoms with Gasteiger partial charge in [-0.2, -0.15) is 0 Å². The van der Waals surface area contributed by atoms with Crippen molar-refractivity contribution in [3.05, 3.63) is 46.2 Å². The van der Waals surface area contributed by atoms with Crippen molar-refractivity contribution >= 4 is 29.2 Å². The van der Waals surface area contributed by atoms with E-state index in [0.29, 0.717) is 12.5 Å². The zero-order chi connectivity index (χ0) is 15.5. The molecule has 1 aromatic carbocycles. The molecule has 5 nitrogen and oxygen atoms in total. The zero-order valence-corrected chi connectivity index (χ0v) is 14.0. The van der Waals surface area contributed by atoms with Gasteiger partial charge in [0.15, 0.2) is 0 Å². The van der Waals surface area contributed by atoms with Crippen molar-refractivity contribution in [3.63, 3.8) is 0 Å². The van der Waals surface area contributed by atoms with Crippen LogP contribution in [0, 0.1) is 5.92 Å². The number of likely N-dealkylation sites (tertiary alicyclic amines) is 1. The Balaban J connectivity index is 0.00000192. The van der Waals surface area contributed by atoms with E-state index in [1.807, 2.05) is 36.2 Å². The summed E-state index contributed by atoms with van der Waals surface area (Å²) in [6.07, 6.45) is 2.11. The largest absolute Gasteiger partial charge is 0.338 e. The standard InChI is InChI=1S/C17H21N3O2.ClH/c1-18-10-12-5-4-8-20(11-12)17(22)14-9-13-6-2-3-7-15(13)19-16(14)21;/h2-3,6-7,9,12,18H,4-5,8,10-11H2,1H3,(H,19,21);1H. The topological polar surface area (TPSA) is 65.2 Å². The van der Waals surface area contributed by atoms with Crippen LogP contribution >= 0.6 is 12.4 Å². The minimum absolute atomic E-state index is 0. The van der Waals surface area contributed by atoms with Crippen LogP contribution in [0.15, 0.2) is 35.1 Å². The molecule has 1 atom stereocenters. The number of nitrogens with zero attached hydrogens (tertiary/aromatic N) is 1. The second-order valence-electron chi connectivity index (χ2n) is 5.92. The van der Waals surface area contributed by atoms with Crippen molar-refractivity contribution in [2.24, 2.45) is 5.92 Å². The number of hydrogen-bond acceptors (Lipinski definition) is 3. The number of benzene rings is 1. The maximum absolute atomic E-state index is 12.7. The first-order chi connectivity index (χ1) is 10.7. The molecule has 1 fully saturated rings. The number of carbonyl (C=O) groups is 1. The normalized spacial score (nSPS) is 17.8. The molecule has 23 heavy (non-hydrogen) atoms. The van der Waals surface area contributed by atoms with Crippen molar-refractivity contribution in [2.75, 3.05) is 26.7 Å². The Morgan fingerprint density at radius 2 is 2.17 bits per heavy atom. The first-order valence-electron chi connectivity index (χ1n) is 7.75. The van der Waals surface area contributed by atoms with Crippen LogP contribution in [0.4, 0.5) is 0 Å². The highest BCUT2D eigenvalue weighted by molar-refractivity contribution is 5.97. The van der Waals surface area contributed by atoms with Gasteiger partial charge in [-0.15, -0.1) is 12.4 Å². The lowest BCUT2D eigenvalue weighted by molar-refractivity contribution is 0.0672. The van der Waals surface area contributed by atoms with Gasteiger partial charge in [-0.05, 0) is 49.9 Å². The summed E-state index contributed by atoms with van der Waals surface area (Å²) in [5.74, 6) is 0.301. The summed E-state index contributed by atoms with van der Waals surface area (Å²) in [7, 11) is 1.93. The van der Waals surface area contributed by atoms with Crippen molar-refractivity contribution in [1.82, 2.24) is 15.2 Å². The highest BCUT2D eigenvalue weighted by Crippen LogP contribution is 2.18. The fourth-order valence-electron chi connectivity index (χ4n) is 3.18. The van der Waals surface area contributed by atoms with Crippen molar-refractivity contribution in [1.29, 1.82) is 0 Å². The second kappa shape index (κ2) is 7.62. The Labute approximate surface area is 141 Å². The van der Waals surface area contributed by atoms with Crippen LogP contribution < -0.4 is 10.9 Å². The molecule has 2 heterocycles. The summed E-state index contributed by atoms with van der Waals surface area (Å²) in [5.41, 5.74) is 0.694. The van der Waals surface area contributed by atoms with E-state index in [-0.39, 0.29) is 29.4 Å². The third-order valence-corrected chi connectivity index (χ3v) is 4.28. The zero-order valence-electron chi connectivity index (χ0n) is 13.2. The first-order valence-corrected chi connectivity index (χ1v) is 7.75.